The monoisotopic (exact) mass is 374 g/mol. The topological polar surface area (TPSA) is 87.0 Å². The number of hydrogen-bond donors (Lipinski definition) is 3. The van der Waals surface area contributed by atoms with Gasteiger partial charge in [-0.05, 0) is 31.1 Å². The van der Waals surface area contributed by atoms with E-state index in [1.54, 1.807) is 0 Å². The largest absolute Gasteiger partial charge is 0.480 e. The van der Waals surface area contributed by atoms with Crippen molar-refractivity contribution < 1.29 is 24.9 Å². The summed E-state index contributed by atoms with van der Waals surface area (Å²) < 4.78 is 5.08. The van der Waals surface area contributed by atoms with E-state index in [1.165, 1.54) is 5.57 Å². The van der Waals surface area contributed by atoms with Gasteiger partial charge in [0.2, 0.25) is 0 Å². The molecule has 6 atom stereocenters. The van der Waals surface area contributed by atoms with Crippen LogP contribution in [-0.4, -0.2) is 46.7 Å². The number of fused-ring (bicyclic) bond motifs is 1. The van der Waals surface area contributed by atoms with Crippen LogP contribution in [0.25, 0.3) is 0 Å². The van der Waals surface area contributed by atoms with Gasteiger partial charge in [-0.15, -0.1) is 11.8 Å². The van der Waals surface area contributed by atoms with Crippen molar-refractivity contribution >= 4 is 5.97 Å². The van der Waals surface area contributed by atoms with E-state index in [2.05, 4.69) is 23.7 Å². The maximum atomic E-state index is 10.5. The molecule has 2 rings (SSSR count). The summed E-state index contributed by atoms with van der Waals surface area (Å²) >= 11 is 0. The van der Waals surface area contributed by atoms with Crippen LogP contribution >= 0.6 is 0 Å². The molecule has 0 radical (unpaired) electrons. The van der Waals surface area contributed by atoms with Gasteiger partial charge in [0.25, 0.3) is 0 Å². The third-order valence-corrected chi connectivity index (χ3v) is 5.43. The molecule has 27 heavy (non-hydrogen) atoms. The standard InChI is InChI=1S/C22H30O5/c1-3-4-5-6-15(2)20(23)8-7-18-19-12-16(9-10-27-14-22(25)26)11-17(19)13-21(18)24/h9,15,17-21,23-24H,3,6,10-14H2,1-2H3,(H,25,26)/b16-9+/t15?,17-,18+,19-,20?,21+/m0/s1. The zero-order valence-electron chi connectivity index (χ0n) is 16.1. The Morgan fingerprint density at radius 3 is 2.85 bits per heavy atom. The molecule has 0 aromatic carbocycles. The molecule has 5 heteroatoms. The van der Waals surface area contributed by atoms with Crippen LogP contribution in [0.2, 0.25) is 0 Å². The van der Waals surface area contributed by atoms with Crippen LogP contribution in [0.1, 0.15) is 46.0 Å². The maximum absolute atomic E-state index is 10.5. The molecular weight excluding hydrogens is 344 g/mol. The van der Waals surface area contributed by atoms with Crippen molar-refractivity contribution in [1.29, 1.82) is 0 Å². The second-order valence-electron chi connectivity index (χ2n) is 7.55. The average Bonchev–Trinajstić information content (AvgIpc) is 3.13. The molecule has 2 aliphatic rings. The smallest absolute Gasteiger partial charge is 0.329 e. The van der Waals surface area contributed by atoms with Crippen molar-refractivity contribution in [3.05, 3.63) is 11.6 Å². The Hall–Kier alpha value is -1.79. The highest BCUT2D eigenvalue weighted by Gasteiger charge is 2.45. The Labute approximate surface area is 161 Å². The Balaban J connectivity index is 1.91. The summed E-state index contributed by atoms with van der Waals surface area (Å²) in [5, 5.41) is 29.2. The summed E-state index contributed by atoms with van der Waals surface area (Å²) in [6, 6.07) is 0. The molecule has 0 bridgehead atoms. The molecule has 2 aliphatic carbocycles. The summed E-state index contributed by atoms with van der Waals surface area (Å²) in [5.41, 5.74) is 1.25. The van der Waals surface area contributed by atoms with Crippen LogP contribution in [0.4, 0.5) is 0 Å². The van der Waals surface area contributed by atoms with Crippen molar-refractivity contribution in [2.24, 2.45) is 23.7 Å². The molecule has 0 aromatic heterocycles. The molecule has 2 fully saturated rings. The van der Waals surface area contributed by atoms with Crippen LogP contribution < -0.4 is 0 Å². The molecule has 0 heterocycles. The maximum Gasteiger partial charge on any atom is 0.329 e. The Bertz CT molecular complexity index is 660. The Morgan fingerprint density at radius 1 is 1.37 bits per heavy atom. The number of hydrogen-bond acceptors (Lipinski definition) is 4. The highest BCUT2D eigenvalue weighted by atomic mass is 16.5. The van der Waals surface area contributed by atoms with Gasteiger partial charge in [0.1, 0.15) is 12.7 Å². The number of ether oxygens (including phenoxy) is 1. The van der Waals surface area contributed by atoms with Crippen LogP contribution in [0.15, 0.2) is 11.6 Å². The van der Waals surface area contributed by atoms with E-state index in [-0.39, 0.29) is 18.4 Å². The van der Waals surface area contributed by atoms with E-state index >= 15 is 0 Å². The van der Waals surface area contributed by atoms with Gasteiger partial charge in [-0.25, -0.2) is 4.79 Å². The number of aliphatic carboxylic acids is 1. The number of aliphatic hydroxyl groups excluding tert-OH is 2. The normalized spacial score (nSPS) is 30.0. The molecule has 2 saturated carbocycles. The summed E-state index contributed by atoms with van der Waals surface area (Å²) in [7, 11) is 0. The third kappa shape index (κ3) is 6.40. The van der Waals surface area contributed by atoms with E-state index in [4.69, 9.17) is 9.84 Å². The number of carbonyl (C=O) groups is 1. The van der Waals surface area contributed by atoms with Gasteiger partial charge in [-0.1, -0.05) is 37.3 Å². The van der Waals surface area contributed by atoms with E-state index < -0.39 is 18.2 Å². The highest BCUT2D eigenvalue weighted by molar-refractivity contribution is 5.68. The van der Waals surface area contributed by atoms with Crippen molar-refractivity contribution in [3.8, 4) is 23.7 Å². The predicted molar refractivity (Wildman–Crippen MR) is 102 cm³/mol. The highest BCUT2D eigenvalue weighted by Crippen LogP contribution is 2.49. The van der Waals surface area contributed by atoms with Crippen molar-refractivity contribution in [1.82, 2.24) is 0 Å². The third-order valence-electron chi connectivity index (χ3n) is 5.43. The van der Waals surface area contributed by atoms with E-state index in [0.29, 0.717) is 24.9 Å². The lowest BCUT2D eigenvalue weighted by Crippen LogP contribution is -2.19. The second kappa shape index (κ2) is 10.5. The lowest BCUT2D eigenvalue weighted by atomic mass is 9.91. The summed E-state index contributed by atoms with van der Waals surface area (Å²) in [4.78, 5) is 10.5. The van der Waals surface area contributed by atoms with E-state index in [9.17, 15) is 15.0 Å². The summed E-state index contributed by atoms with van der Waals surface area (Å²) in [6.45, 7) is 3.94. The molecule has 148 valence electrons. The SMILES string of the molecule is CCC#CCC(C)C(O)C#C[C@@H]1[C@H]2C/C(=C/COCC(=O)O)C[C@H]2C[C@H]1O. The van der Waals surface area contributed by atoms with Gasteiger partial charge in [0, 0.05) is 24.7 Å². The first-order chi connectivity index (χ1) is 12.9. The Morgan fingerprint density at radius 2 is 2.15 bits per heavy atom. The van der Waals surface area contributed by atoms with Gasteiger partial charge in [-0.3, -0.25) is 0 Å². The average molecular weight is 374 g/mol. The number of carboxylic acid groups (broad SMARTS) is 1. The first-order valence-corrected chi connectivity index (χ1v) is 9.72. The van der Waals surface area contributed by atoms with Crippen LogP contribution in [0.5, 0.6) is 0 Å². The number of aliphatic hydroxyl groups is 2. The fourth-order valence-corrected chi connectivity index (χ4v) is 3.95. The van der Waals surface area contributed by atoms with Crippen LogP contribution in [0.3, 0.4) is 0 Å². The second-order valence-corrected chi connectivity index (χ2v) is 7.55. The van der Waals surface area contributed by atoms with Crippen LogP contribution in [0, 0.1) is 47.4 Å². The number of allylic oxidation sites excluding steroid dienone is 1. The fourth-order valence-electron chi connectivity index (χ4n) is 3.95. The lowest BCUT2D eigenvalue weighted by molar-refractivity contribution is -0.141. The van der Waals surface area contributed by atoms with E-state index in [0.717, 1.165) is 25.7 Å². The van der Waals surface area contributed by atoms with Gasteiger partial charge in [0.05, 0.1) is 12.7 Å². The molecule has 5 nitrogen and oxygen atoms in total. The molecule has 0 saturated heterocycles. The molecule has 2 unspecified atom stereocenters. The van der Waals surface area contributed by atoms with Gasteiger partial charge >= 0.3 is 5.97 Å². The quantitative estimate of drug-likeness (QED) is 0.377. The van der Waals surface area contributed by atoms with Gasteiger partial charge < -0.3 is 20.1 Å². The van der Waals surface area contributed by atoms with E-state index in [1.807, 2.05) is 19.9 Å². The Kier molecular flexibility index (Phi) is 8.38. The molecule has 0 spiro atoms. The summed E-state index contributed by atoms with van der Waals surface area (Å²) in [5.74, 6) is 11.7. The minimum absolute atomic E-state index is 0.0173. The van der Waals surface area contributed by atoms with Crippen molar-refractivity contribution in [2.75, 3.05) is 13.2 Å². The minimum Gasteiger partial charge on any atom is -0.480 e. The van der Waals surface area contributed by atoms with Crippen LogP contribution in [-0.2, 0) is 9.53 Å². The van der Waals surface area contributed by atoms with Crippen molar-refractivity contribution in [3.63, 3.8) is 0 Å². The number of rotatable bonds is 6. The van der Waals surface area contributed by atoms with Gasteiger partial charge in [-0.2, -0.15) is 0 Å². The zero-order chi connectivity index (χ0) is 19.8. The lowest BCUT2D eigenvalue weighted by Gasteiger charge is -2.16. The molecule has 0 aromatic rings. The molecular formula is C22H30O5. The fraction of sp³-hybridized carbons (Fsp3) is 0.682. The minimum atomic E-state index is -0.969. The van der Waals surface area contributed by atoms with Gasteiger partial charge in [0.15, 0.2) is 0 Å². The first kappa shape index (κ1) is 21.5. The van der Waals surface area contributed by atoms with Crippen molar-refractivity contribution in [2.45, 2.75) is 58.2 Å². The first-order valence-electron chi connectivity index (χ1n) is 9.72. The summed E-state index contributed by atoms with van der Waals surface area (Å²) in [6.07, 6.45) is 4.69. The molecule has 0 aliphatic heterocycles. The zero-order valence-corrected chi connectivity index (χ0v) is 16.1. The number of carboxylic acids is 1. The predicted octanol–water partition coefficient (Wildman–Crippen LogP) is 2.22. The molecule has 3 N–H and O–H groups in total. The molecule has 0 amide bonds.